The molecule has 0 saturated heterocycles. The van der Waals surface area contributed by atoms with E-state index in [9.17, 15) is 0 Å². The largest absolute Gasteiger partial charge is 0.307 e. The van der Waals surface area contributed by atoms with Crippen LogP contribution in [0.5, 0.6) is 0 Å². The molecule has 4 heteroatoms. The van der Waals surface area contributed by atoms with Crippen molar-refractivity contribution in [3.05, 3.63) is 41.5 Å². The molecule has 0 aliphatic rings. The molecule has 0 amide bonds. The molecule has 2 aromatic rings. The minimum absolute atomic E-state index is 0.563. The summed E-state index contributed by atoms with van der Waals surface area (Å²) in [4.78, 5) is 0. The Labute approximate surface area is 94.5 Å². The van der Waals surface area contributed by atoms with Gasteiger partial charge in [-0.15, -0.1) is 10.2 Å². The minimum Gasteiger partial charge on any atom is -0.307 e. The van der Waals surface area contributed by atoms with Crippen molar-refractivity contribution in [1.82, 2.24) is 10.2 Å². The van der Waals surface area contributed by atoms with Gasteiger partial charge >= 0.3 is 0 Å². The van der Waals surface area contributed by atoms with Gasteiger partial charge in [-0.25, -0.2) is 5.84 Å². The first-order valence-electron chi connectivity index (χ1n) is 5.08. The number of nitrogen functional groups attached to an aromatic ring is 1. The van der Waals surface area contributed by atoms with Crippen molar-refractivity contribution in [2.24, 2.45) is 5.84 Å². The van der Waals surface area contributed by atoms with E-state index in [2.05, 4.69) is 47.7 Å². The van der Waals surface area contributed by atoms with Crippen LogP contribution in [-0.2, 0) is 0 Å². The summed E-state index contributed by atoms with van der Waals surface area (Å²) in [5, 5.41) is 8.06. The highest BCUT2D eigenvalue weighted by atomic mass is 15.3. The molecular formula is C12H14N4. The van der Waals surface area contributed by atoms with Crippen LogP contribution in [0.2, 0.25) is 0 Å². The van der Waals surface area contributed by atoms with E-state index in [0.717, 1.165) is 11.3 Å². The monoisotopic (exact) mass is 214 g/mol. The highest BCUT2D eigenvalue weighted by Crippen LogP contribution is 2.20. The number of aryl methyl sites for hydroxylation is 2. The maximum atomic E-state index is 5.23. The van der Waals surface area contributed by atoms with Gasteiger partial charge in [0, 0.05) is 5.56 Å². The third kappa shape index (κ3) is 2.17. The first-order chi connectivity index (χ1) is 7.69. The fourth-order valence-corrected chi connectivity index (χ4v) is 1.69. The molecule has 0 aliphatic heterocycles. The quantitative estimate of drug-likeness (QED) is 0.593. The molecule has 0 spiro atoms. The third-order valence-corrected chi connectivity index (χ3v) is 2.33. The van der Waals surface area contributed by atoms with Gasteiger partial charge in [0.1, 0.15) is 0 Å². The van der Waals surface area contributed by atoms with E-state index in [1.54, 1.807) is 6.07 Å². The van der Waals surface area contributed by atoms with Gasteiger partial charge in [-0.2, -0.15) is 0 Å². The SMILES string of the molecule is Cc1cc(C)cc(-c2ccc(NN)nn2)c1. The van der Waals surface area contributed by atoms with Crippen LogP contribution in [0.15, 0.2) is 30.3 Å². The maximum Gasteiger partial charge on any atom is 0.162 e. The summed E-state index contributed by atoms with van der Waals surface area (Å²) in [5.74, 6) is 5.80. The normalized spacial score (nSPS) is 10.2. The molecule has 16 heavy (non-hydrogen) atoms. The Balaban J connectivity index is 2.42. The molecule has 0 radical (unpaired) electrons. The zero-order valence-electron chi connectivity index (χ0n) is 9.36. The molecule has 3 N–H and O–H groups in total. The van der Waals surface area contributed by atoms with Crippen molar-refractivity contribution in [3.63, 3.8) is 0 Å². The number of anilines is 1. The Hall–Kier alpha value is -1.94. The second-order valence-electron chi connectivity index (χ2n) is 3.82. The van der Waals surface area contributed by atoms with Crippen molar-refractivity contribution >= 4 is 5.82 Å². The van der Waals surface area contributed by atoms with Crippen LogP contribution in [0.3, 0.4) is 0 Å². The summed E-state index contributed by atoms with van der Waals surface area (Å²) in [7, 11) is 0. The smallest absolute Gasteiger partial charge is 0.162 e. The fourth-order valence-electron chi connectivity index (χ4n) is 1.69. The number of nitrogens with one attached hydrogen (secondary N) is 1. The molecular weight excluding hydrogens is 200 g/mol. The number of aromatic nitrogens is 2. The number of hydrogen-bond acceptors (Lipinski definition) is 4. The lowest BCUT2D eigenvalue weighted by Crippen LogP contribution is -2.09. The number of hydrazine groups is 1. The summed E-state index contributed by atoms with van der Waals surface area (Å²) in [5.41, 5.74) is 6.83. The summed E-state index contributed by atoms with van der Waals surface area (Å²) in [6, 6.07) is 10.0. The summed E-state index contributed by atoms with van der Waals surface area (Å²) in [6.45, 7) is 4.14. The van der Waals surface area contributed by atoms with Gasteiger partial charge in [-0.1, -0.05) is 17.2 Å². The standard InChI is InChI=1S/C12H14N4/c1-8-5-9(2)7-10(6-8)11-3-4-12(14-13)16-15-11/h3-7H,13H2,1-2H3,(H,14,16). The maximum absolute atomic E-state index is 5.23. The fraction of sp³-hybridized carbons (Fsp3) is 0.167. The lowest BCUT2D eigenvalue weighted by molar-refractivity contribution is 1.03. The molecule has 4 nitrogen and oxygen atoms in total. The molecule has 0 unspecified atom stereocenters. The van der Waals surface area contributed by atoms with E-state index in [-0.39, 0.29) is 0 Å². The zero-order chi connectivity index (χ0) is 11.5. The lowest BCUT2D eigenvalue weighted by atomic mass is 10.1. The van der Waals surface area contributed by atoms with E-state index < -0.39 is 0 Å². The van der Waals surface area contributed by atoms with Crippen molar-refractivity contribution in [3.8, 4) is 11.3 Å². The van der Waals surface area contributed by atoms with Gasteiger partial charge in [0.2, 0.25) is 0 Å². The predicted octanol–water partition coefficient (Wildman–Crippen LogP) is 2.05. The first kappa shape index (κ1) is 10.6. The van der Waals surface area contributed by atoms with Gasteiger partial charge in [0.05, 0.1) is 5.69 Å². The third-order valence-electron chi connectivity index (χ3n) is 2.33. The highest BCUT2D eigenvalue weighted by molar-refractivity contribution is 5.61. The highest BCUT2D eigenvalue weighted by Gasteiger charge is 2.02. The lowest BCUT2D eigenvalue weighted by Gasteiger charge is -2.04. The average molecular weight is 214 g/mol. The van der Waals surface area contributed by atoms with Crippen molar-refractivity contribution in [2.75, 3.05) is 5.43 Å². The molecule has 0 fully saturated rings. The Bertz CT molecular complexity index is 471. The van der Waals surface area contributed by atoms with E-state index in [4.69, 9.17) is 5.84 Å². The van der Waals surface area contributed by atoms with Crippen molar-refractivity contribution in [1.29, 1.82) is 0 Å². The van der Waals surface area contributed by atoms with Gasteiger partial charge < -0.3 is 5.43 Å². The number of nitrogens with zero attached hydrogens (tertiary/aromatic N) is 2. The number of rotatable bonds is 2. The summed E-state index contributed by atoms with van der Waals surface area (Å²) >= 11 is 0. The van der Waals surface area contributed by atoms with Crippen LogP contribution >= 0.6 is 0 Å². The van der Waals surface area contributed by atoms with Crippen molar-refractivity contribution < 1.29 is 0 Å². The number of benzene rings is 1. The van der Waals surface area contributed by atoms with Crippen LogP contribution in [-0.4, -0.2) is 10.2 Å². The van der Waals surface area contributed by atoms with E-state index >= 15 is 0 Å². The Kier molecular flexibility index (Phi) is 2.83. The van der Waals surface area contributed by atoms with Crippen LogP contribution in [0, 0.1) is 13.8 Å². The Morgan fingerprint density at radius 2 is 1.69 bits per heavy atom. The molecule has 1 aromatic carbocycles. The van der Waals surface area contributed by atoms with Gasteiger partial charge in [0.25, 0.3) is 0 Å². The molecule has 0 atom stereocenters. The molecule has 0 aliphatic carbocycles. The average Bonchev–Trinajstić information content (AvgIpc) is 2.28. The van der Waals surface area contributed by atoms with Crippen LogP contribution in [0.25, 0.3) is 11.3 Å². The predicted molar refractivity (Wildman–Crippen MR) is 64.8 cm³/mol. The molecule has 1 aromatic heterocycles. The van der Waals surface area contributed by atoms with E-state index in [1.807, 2.05) is 6.07 Å². The Morgan fingerprint density at radius 1 is 1.00 bits per heavy atom. The van der Waals surface area contributed by atoms with Crippen LogP contribution < -0.4 is 11.3 Å². The molecule has 2 rings (SSSR count). The topological polar surface area (TPSA) is 63.8 Å². The first-order valence-corrected chi connectivity index (χ1v) is 5.08. The second kappa shape index (κ2) is 4.28. The molecule has 0 bridgehead atoms. The minimum atomic E-state index is 0.563. The number of nitrogens with two attached hydrogens (primary N) is 1. The Morgan fingerprint density at radius 3 is 2.19 bits per heavy atom. The van der Waals surface area contributed by atoms with E-state index in [0.29, 0.717) is 5.82 Å². The van der Waals surface area contributed by atoms with Crippen molar-refractivity contribution in [2.45, 2.75) is 13.8 Å². The van der Waals surface area contributed by atoms with Gasteiger partial charge in [-0.3, -0.25) is 0 Å². The molecule has 82 valence electrons. The van der Waals surface area contributed by atoms with Gasteiger partial charge in [0.15, 0.2) is 5.82 Å². The van der Waals surface area contributed by atoms with E-state index in [1.165, 1.54) is 11.1 Å². The van der Waals surface area contributed by atoms with Gasteiger partial charge in [-0.05, 0) is 38.1 Å². The molecule has 0 saturated carbocycles. The summed E-state index contributed by atoms with van der Waals surface area (Å²) in [6.07, 6.45) is 0. The van der Waals surface area contributed by atoms with Crippen LogP contribution in [0.4, 0.5) is 5.82 Å². The summed E-state index contributed by atoms with van der Waals surface area (Å²) < 4.78 is 0. The zero-order valence-corrected chi connectivity index (χ0v) is 9.36. The molecule has 1 heterocycles. The van der Waals surface area contributed by atoms with Crippen LogP contribution in [0.1, 0.15) is 11.1 Å². The second-order valence-corrected chi connectivity index (χ2v) is 3.82. The number of hydrogen-bond donors (Lipinski definition) is 2.